The fraction of sp³-hybridized carbons (Fsp3) is 0.385. The van der Waals surface area contributed by atoms with E-state index in [9.17, 15) is 4.79 Å². The SMILES string of the molecule is CCOC(=O)c1c(Cl)nn2cccc2c1C(C)C. The molecule has 0 spiro atoms. The molecule has 2 heterocycles. The number of nitrogens with zero attached hydrogens (tertiary/aromatic N) is 2. The summed E-state index contributed by atoms with van der Waals surface area (Å²) in [6, 6.07) is 3.79. The Morgan fingerprint density at radius 1 is 1.56 bits per heavy atom. The predicted octanol–water partition coefficient (Wildman–Crippen LogP) is 3.29. The molecular formula is C13H15ClN2O2. The molecule has 0 radical (unpaired) electrons. The summed E-state index contributed by atoms with van der Waals surface area (Å²) in [7, 11) is 0. The van der Waals surface area contributed by atoms with Crippen LogP contribution in [-0.2, 0) is 4.74 Å². The average Bonchev–Trinajstić information content (AvgIpc) is 2.74. The molecule has 2 aromatic heterocycles. The van der Waals surface area contributed by atoms with E-state index < -0.39 is 5.97 Å². The number of carbonyl (C=O) groups is 1. The molecule has 0 unspecified atom stereocenters. The summed E-state index contributed by atoms with van der Waals surface area (Å²) in [6.45, 7) is 6.12. The maximum Gasteiger partial charge on any atom is 0.341 e. The van der Waals surface area contributed by atoms with Crippen LogP contribution >= 0.6 is 11.6 Å². The van der Waals surface area contributed by atoms with Gasteiger partial charge >= 0.3 is 5.97 Å². The largest absolute Gasteiger partial charge is 0.462 e. The Balaban J connectivity index is 2.73. The van der Waals surface area contributed by atoms with Gasteiger partial charge in [-0.3, -0.25) is 0 Å². The van der Waals surface area contributed by atoms with Crippen LogP contribution in [-0.4, -0.2) is 22.2 Å². The Kier molecular flexibility index (Phi) is 3.57. The van der Waals surface area contributed by atoms with Gasteiger partial charge in [0.15, 0.2) is 5.15 Å². The minimum absolute atomic E-state index is 0.155. The molecule has 0 atom stereocenters. The monoisotopic (exact) mass is 266 g/mol. The normalized spacial score (nSPS) is 11.2. The summed E-state index contributed by atoms with van der Waals surface area (Å²) in [6.07, 6.45) is 1.81. The molecule has 0 aliphatic carbocycles. The molecule has 0 aromatic carbocycles. The third kappa shape index (κ3) is 2.08. The maximum atomic E-state index is 12.0. The van der Waals surface area contributed by atoms with E-state index in [1.54, 1.807) is 11.4 Å². The lowest BCUT2D eigenvalue weighted by Crippen LogP contribution is -2.13. The average molecular weight is 267 g/mol. The third-order valence-corrected chi connectivity index (χ3v) is 3.00. The zero-order chi connectivity index (χ0) is 13.3. The molecule has 0 aliphatic heterocycles. The van der Waals surface area contributed by atoms with Crippen molar-refractivity contribution in [2.24, 2.45) is 0 Å². The first-order valence-corrected chi connectivity index (χ1v) is 6.28. The molecule has 0 saturated carbocycles. The summed E-state index contributed by atoms with van der Waals surface area (Å²) < 4.78 is 6.73. The van der Waals surface area contributed by atoms with Gasteiger partial charge in [0.1, 0.15) is 5.56 Å². The van der Waals surface area contributed by atoms with Crippen molar-refractivity contribution < 1.29 is 9.53 Å². The molecule has 4 nitrogen and oxygen atoms in total. The lowest BCUT2D eigenvalue weighted by atomic mass is 9.98. The van der Waals surface area contributed by atoms with Gasteiger partial charge in [0.25, 0.3) is 0 Å². The standard InChI is InChI=1S/C13H15ClN2O2/c1-4-18-13(17)11-10(8(2)3)9-6-5-7-16(9)15-12(11)14/h5-8H,4H2,1-3H3. The third-order valence-electron chi connectivity index (χ3n) is 2.73. The van der Waals surface area contributed by atoms with Gasteiger partial charge in [-0.2, -0.15) is 5.10 Å². The van der Waals surface area contributed by atoms with Crippen molar-refractivity contribution in [1.29, 1.82) is 0 Å². The predicted molar refractivity (Wildman–Crippen MR) is 70.2 cm³/mol. The number of aromatic nitrogens is 2. The lowest BCUT2D eigenvalue weighted by molar-refractivity contribution is 0.0524. The Bertz CT molecular complexity index is 590. The van der Waals surface area contributed by atoms with Crippen molar-refractivity contribution in [3.63, 3.8) is 0 Å². The van der Waals surface area contributed by atoms with Crippen molar-refractivity contribution in [2.75, 3.05) is 6.61 Å². The van der Waals surface area contributed by atoms with Gasteiger partial charge < -0.3 is 4.74 Å². The maximum absolute atomic E-state index is 12.0. The van der Waals surface area contributed by atoms with Gasteiger partial charge in [-0.1, -0.05) is 25.4 Å². The van der Waals surface area contributed by atoms with E-state index >= 15 is 0 Å². The number of rotatable bonds is 3. The van der Waals surface area contributed by atoms with Gasteiger partial charge in [0.2, 0.25) is 0 Å². The molecule has 0 bridgehead atoms. The van der Waals surface area contributed by atoms with Crippen LogP contribution in [0.2, 0.25) is 5.15 Å². The summed E-state index contributed by atoms with van der Waals surface area (Å²) >= 11 is 6.11. The van der Waals surface area contributed by atoms with Crippen LogP contribution in [0.25, 0.3) is 5.52 Å². The Labute approximate surface area is 111 Å². The zero-order valence-electron chi connectivity index (χ0n) is 10.6. The van der Waals surface area contributed by atoms with E-state index in [0.717, 1.165) is 11.1 Å². The van der Waals surface area contributed by atoms with Gasteiger partial charge in [-0.05, 0) is 30.5 Å². The number of halogens is 1. The topological polar surface area (TPSA) is 43.6 Å². The molecule has 5 heteroatoms. The Hall–Kier alpha value is -1.55. The fourth-order valence-electron chi connectivity index (χ4n) is 2.04. The minimum Gasteiger partial charge on any atom is -0.462 e. The van der Waals surface area contributed by atoms with Crippen molar-refractivity contribution in [2.45, 2.75) is 26.7 Å². The second-order valence-corrected chi connectivity index (χ2v) is 4.65. The summed E-state index contributed by atoms with van der Waals surface area (Å²) in [4.78, 5) is 12.0. The highest BCUT2D eigenvalue weighted by Gasteiger charge is 2.23. The van der Waals surface area contributed by atoms with Crippen molar-refractivity contribution in [3.8, 4) is 0 Å². The van der Waals surface area contributed by atoms with Gasteiger partial charge in [-0.25, -0.2) is 9.31 Å². The van der Waals surface area contributed by atoms with E-state index in [4.69, 9.17) is 16.3 Å². The molecule has 0 amide bonds. The van der Waals surface area contributed by atoms with E-state index in [1.165, 1.54) is 0 Å². The number of ether oxygens (including phenoxy) is 1. The first-order chi connectivity index (χ1) is 8.56. The van der Waals surface area contributed by atoms with Crippen LogP contribution < -0.4 is 0 Å². The number of fused-ring (bicyclic) bond motifs is 1. The lowest BCUT2D eigenvalue weighted by Gasteiger charge is -2.14. The second kappa shape index (κ2) is 4.98. The molecule has 18 heavy (non-hydrogen) atoms. The van der Waals surface area contributed by atoms with Crippen molar-refractivity contribution in [1.82, 2.24) is 9.61 Å². The number of hydrogen-bond donors (Lipinski definition) is 0. The highest BCUT2D eigenvalue weighted by atomic mass is 35.5. The van der Waals surface area contributed by atoms with Crippen LogP contribution in [0, 0.1) is 0 Å². The minimum atomic E-state index is -0.414. The second-order valence-electron chi connectivity index (χ2n) is 4.29. The van der Waals surface area contributed by atoms with E-state index in [1.807, 2.05) is 32.2 Å². The zero-order valence-corrected chi connectivity index (χ0v) is 11.4. The van der Waals surface area contributed by atoms with Crippen LogP contribution in [0.1, 0.15) is 42.6 Å². The van der Waals surface area contributed by atoms with Crippen LogP contribution in [0.3, 0.4) is 0 Å². The first-order valence-electron chi connectivity index (χ1n) is 5.90. The smallest absolute Gasteiger partial charge is 0.341 e. The Morgan fingerprint density at radius 3 is 2.89 bits per heavy atom. The summed E-state index contributed by atoms with van der Waals surface area (Å²) in [5, 5.41) is 4.34. The van der Waals surface area contributed by atoms with Crippen LogP contribution in [0.5, 0.6) is 0 Å². The van der Waals surface area contributed by atoms with Gasteiger partial charge in [0, 0.05) is 6.20 Å². The van der Waals surface area contributed by atoms with Crippen molar-refractivity contribution >= 4 is 23.1 Å². The number of esters is 1. The summed E-state index contributed by atoms with van der Waals surface area (Å²) in [5.74, 6) is -0.260. The number of carbonyl (C=O) groups excluding carboxylic acids is 1. The molecule has 0 N–H and O–H groups in total. The molecule has 0 saturated heterocycles. The van der Waals surface area contributed by atoms with E-state index in [2.05, 4.69) is 5.10 Å². The molecule has 0 aliphatic rings. The van der Waals surface area contributed by atoms with Crippen molar-refractivity contribution in [3.05, 3.63) is 34.6 Å². The Morgan fingerprint density at radius 2 is 2.28 bits per heavy atom. The number of hydrogen-bond acceptors (Lipinski definition) is 3. The fourth-order valence-corrected chi connectivity index (χ4v) is 2.30. The van der Waals surface area contributed by atoms with E-state index in [0.29, 0.717) is 12.2 Å². The van der Waals surface area contributed by atoms with Gasteiger partial charge in [-0.15, -0.1) is 0 Å². The van der Waals surface area contributed by atoms with Crippen LogP contribution in [0.15, 0.2) is 18.3 Å². The highest BCUT2D eigenvalue weighted by molar-refractivity contribution is 6.32. The molecule has 96 valence electrons. The molecular weight excluding hydrogens is 252 g/mol. The van der Waals surface area contributed by atoms with Gasteiger partial charge in [0.05, 0.1) is 12.1 Å². The van der Waals surface area contributed by atoms with E-state index in [-0.39, 0.29) is 11.1 Å². The van der Waals surface area contributed by atoms with Crippen LogP contribution in [0.4, 0.5) is 0 Å². The molecule has 0 fully saturated rings. The first kappa shape index (κ1) is 12.9. The summed E-state index contributed by atoms with van der Waals surface area (Å²) in [5.41, 5.74) is 2.13. The molecule has 2 aromatic rings. The molecule has 2 rings (SSSR count). The quantitative estimate of drug-likeness (QED) is 0.801. The highest BCUT2D eigenvalue weighted by Crippen LogP contribution is 2.29.